The molecule has 0 aliphatic rings. The van der Waals surface area contributed by atoms with E-state index in [0.29, 0.717) is 22.9 Å². The molecule has 0 spiro atoms. The second kappa shape index (κ2) is 7.70. The minimum atomic E-state index is -0.181. The third-order valence-electron chi connectivity index (χ3n) is 4.00. The predicted molar refractivity (Wildman–Crippen MR) is 101 cm³/mol. The van der Waals surface area contributed by atoms with E-state index in [1.54, 1.807) is 38.5 Å². The van der Waals surface area contributed by atoms with Crippen molar-refractivity contribution in [2.45, 2.75) is 0 Å². The average Bonchev–Trinajstić information content (AvgIpc) is 2.70. The maximum Gasteiger partial charge on any atom is 0.221 e. The summed E-state index contributed by atoms with van der Waals surface area (Å²) in [7, 11) is 4.64. The zero-order valence-electron chi connectivity index (χ0n) is 14.9. The Hall–Kier alpha value is -3.34. The first-order valence-corrected chi connectivity index (χ1v) is 8.04. The van der Waals surface area contributed by atoms with E-state index in [-0.39, 0.29) is 5.78 Å². The Morgan fingerprint density at radius 2 is 1.77 bits per heavy atom. The standard InChI is InChI=1S/C21H19NO4/c1-24-16-9-10-17(20(13-16)25-2)19(23)11-8-15-12-14-6-4-5-7-18(14)22-21(15)26-3/h4-13H,1-3H3. The maximum absolute atomic E-state index is 12.6. The number of aromatic nitrogens is 1. The summed E-state index contributed by atoms with van der Waals surface area (Å²) in [5, 5.41) is 0.974. The van der Waals surface area contributed by atoms with Gasteiger partial charge in [-0.15, -0.1) is 0 Å². The second-order valence-electron chi connectivity index (χ2n) is 5.54. The SMILES string of the molecule is COc1ccc(C(=O)C=Cc2cc3ccccc3nc2OC)c(OC)c1. The van der Waals surface area contributed by atoms with Gasteiger partial charge in [0.05, 0.1) is 32.4 Å². The second-order valence-corrected chi connectivity index (χ2v) is 5.54. The lowest BCUT2D eigenvalue weighted by Gasteiger charge is -2.08. The zero-order valence-corrected chi connectivity index (χ0v) is 14.9. The molecule has 0 unspecified atom stereocenters. The molecule has 1 heterocycles. The third kappa shape index (κ3) is 3.52. The molecule has 1 aromatic heterocycles. The zero-order chi connectivity index (χ0) is 18.5. The average molecular weight is 349 g/mol. The van der Waals surface area contributed by atoms with Crippen LogP contribution in [0.15, 0.2) is 54.6 Å². The maximum atomic E-state index is 12.6. The molecular weight excluding hydrogens is 330 g/mol. The molecule has 0 radical (unpaired) electrons. The lowest BCUT2D eigenvalue weighted by molar-refractivity contribution is 0.104. The van der Waals surface area contributed by atoms with E-state index < -0.39 is 0 Å². The van der Waals surface area contributed by atoms with Crippen LogP contribution in [0.25, 0.3) is 17.0 Å². The van der Waals surface area contributed by atoms with Crippen molar-refractivity contribution in [1.29, 1.82) is 0 Å². The van der Waals surface area contributed by atoms with Gasteiger partial charge in [0, 0.05) is 17.0 Å². The quantitative estimate of drug-likeness (QED) is 0.494. The fourth-order valence-corrected chi connectivity index (χ4v) is 2.65. The van der Waals surface area contributed by atoms with Crippen molar-refractivity contribution in [2.75, 3.05) is 21.3 Å². The molecule has 0 aliphatic heterocycles. The molecule has 2 aromatic carbocycles. The van der Waals surface area contributed by atoms with Gasteiger partial charge in [0.1, 0.15) is 11.5 Å². The summed E-state index contributed by atoms with van der Waals surface area (Å²) in [5.74, 6) is 1.37. The Morgan fingerprint density at radius 3 is 2.50 bits per heavy atom. The van der Waals surface area contributed by atoms with E-state index in [2.05, 4.69) is 4.98 Å². The van der Waals surface area contributed by atoms with Crippen LogP contribution in [0.1, 0.15) is 15.9 Å². The molecular formula is C21H19NO4. The highest BCUT2D eigenvalue weighted by atomic mass is 16.5. The van der Waals surface area contributed by atoms with Crippen LogP contribution in [0, 0.1) is 0 Å². The van der Waals surface area contributed by atoms with Gasteiger partial charge in [0.25, 0.3) is 0 Å². The Balaban J connectivity index is 1.94. The molecule has 0 bridgehead atoms. The van der Waals surface area contributed by atoms with Crippen molar-refractivity contribution in [3.63, 3.8) is 0 Å². The number of carbonyl (C=O) groups excluding carboxylic acids is 1. The van der Waals surface area contributed by atoms with E-state index in [0.717, 1.165) is 16.5 Å². The van der Waals surface area contributed by atoms with Gasteiger partial charge in [0.2, 0.25) is 5.88 Å². The smallest absolute Gasteiger partial charge is 0.221 e. The van der Waals surface area contributed by atoms with Crippen molar-refractivity contribution < 1.29 is 19.0 Å². The van der Waals surface area contributed by atoms with E-state index in [9.17, 15) is 4.79 Å². The van der Waals surface area contributed by atoms with Gasteiger partial charge < -0.3 is 14.2 Å². The van der Waals surface area contributed by atoms with Crippen molar-refractivity contribution in [3.8, 4) is 17.4 Å². The first-order valence-electron chi connectivity index (χ1n) is 8.04. The molecule has 3 aromatic rings. The van der Waals surface area contributed by atoms with Crippen LogP contribution >= 0.6 is 0 Å². The fraction of sp³-hybridized carbons (Fsp3) is 0.143. The molecule has 0 saturated carbocycles. The monoisotopic (exact) mass is 349 g/mol. The van der Waals surface area contributed by atoms with E-state index >= 15 is 0 Å². The van der Waals surface area contributed by atoms with Crippen molar-refractivity contribution in [2.24, 2.45) is 0 Å². The molecule has 5 heteroatoms. The Bertz CT molecular complexity index is 979. The van der Waals surface area contributed by atoms with E-state index in [1.807, 2.05) is 30.3 Å². The summed E-state index contributed by atoms with van der Waals surface area (Å²) in [6.45, 7) is 0. The van der Waals surface area contributed by atoms with Crippen LogP contribution in [0.5, 0.6) is 17.4 Å². The van der Waals surface area contributed by atoms with Crippen molar-refractivity contribution in [3.05, 3.63) is 65.7 Å². The van der Waals surface area contributed by atoms with Crippen LogP contribution in [0.3, 0.4) is 0 Å². The number of hydrogen-bond acceptors (Lipinski definition) is 5. The van der Waals surface area contributed by atoms with Crippen molar-refractivity contribution in [1.82, 2.24) is 4.98 Å². The molecule has 0 fully saturated rings. The fourth-order valence-electron chi connectivity index (χ4n) is 2.65. The normalized spacial score (nSPS) is 10.9. The Morgan fingerprint density at radius 1 is 0.962 bits per heavy atom. The molecule has 26 heavy (non-hydrogen) atoms. The molecule has 0 aliphatic carbocycles. The molecule has 0 N–H and O–H groups in total. The number of benzene rings is 2. The topological polar surface area (TPSA) is 57.7 Å². The highest BCUT2D eigenvalue weighted by Crippen LogP contribution is 2.27. The highest BCUT2D eigenvalue weighted by Gasteiger charge is 2.12. The number of ketones is 1. The minimum absolute atomic E-state index is 0.181. The number of methoxy groups -OCH3 is 3. The number of ether oxygens (including phenoxy) is 3. The summed E-state index contributed by atoms with van der Waals surface area (Å²) >= 11 is 0. The molecule has 3 rings (SSSR count). The van der Waals surface area contributed by atoms with Crippen LogP contribution < -0.4 is 14.2 Å². The van der Waals surface area contributed by atoms with Gasteiger partial charge in [-0.2, -0.15) is 0 Å². The number of nitrogens with zero attached hydrogens (tertiary/aromatic N) is 1. The molecule has 0 amide bonds. The van der Waals surface area contributed by atoms with Gasteiger partial charge in [-0.05, 0) is 36.4 Å². The van der Waals surface area contributed by atoms with Crippen LogP contribution in [-0.2, 0) is 0 Å². The number of fused-ring (bicyclic) bond motifs is 1. The molecule has 132 valence electrons. The Labute approximate surface area is 151 Å². The summed E-state index contributed by atoms with van der Waals surface area (Å²) in [5.41, 5.74) is 2.02. The summed E-state index contributed by atoms with van der Waals surface area (Å²) in [6, 6.07) is 14.8. The van der Waals surface area contributed by atoms with Gasteiger partial charge in [-0.25, -0.2) is 4.98 Å². The third-order valence-corrected chi connectivity index (χ3v) is 4.00. The predicted octanol–water partition coefficient (Wildman–Crippen LogP) is 4.16. The summed E-state index contributed by atoms with van der Waals surface area (Å²) in [6.07, 6.45) is 3.18. The lowest BCUT2D eigenvalue weighted by atomic mass is 10.1. The first-order chi connectivity index (χ1) is 12.7. The number of para-hydroxylation sites is 1. The van der Waals surface area contributed by atoms with Crippen LogP contribution in [0.2, 0.25) is 0 Å². The van der Waals surface area contributed by atoms with Gasteiger partial charge >= 0.3 is 0 Å². The van der Waals surface area contributed by atoms with E-state index in [4.69, 9.17) is 14.2 Å². The lowest BCUT2D eigenvalue weighted by Crippen LogP contribution is -2.00. The van der Waals surface area contributed by atoms with Gasteiger partial charge in [-0.1, -0.05) is 18.2 Å². The highest BCUT2D eigenvalue weighted by molar-refractivity contribution is 6.09. The van der Waals surface area contributed by atoms with Crippen LogP contribution in [0.4, 0.5) is 0 Å². The molecule has 0 saturated heterocycles. The Kier molecular flexibility index (Phi) is 5.17. The number of hydrogen-bond donors (Lipinski definition) is 0. The largest absolute Gasteiger partial charge is 0.497 e. The summed E-state index contributed by atoms with van der Waals surface area (Å²) < 4.78 is 15.8. The van der Waals surface area contributed by atoms with E-state index in [1.165, 1.54) is 13.2 Å². The van der Waals surface area contributed by atoms with Gasteiger partial charge in [0.15, 0.2) is 5.78 Å². The molecule has 0 atom stereocenters. The minimum Gasteiger partial charge on any atom is -0.497 e. The van der Waals surface area contributed by atoms with Crippen molar-refractivity contribution >= 4 is 22.8 Å². The number of allylic oxidation sites excluding steroid dienone is 1. The summed E-state index contributed by atoms with van der Waals surface area (Å²) in [4.78, 5) is 17.1. The number of pyridine rings is 1. The van der Waals surface area contributed by atoms with Gasteiger partial charge in [-0.3, -0.25) is 4.79 Å². The number of rotatable bonds is 6. The number of carbonyl (C=O) groups is 1. The first kappa shape index (κ1) is 17.5. The molecule has 5 nitrogen and oxygen atoms in total. The van der Waals surface area contributed by atoms with Crippen LogP contribution in [-0.4, -0.2) is 32.1 Å².